The second-order valence-corrected chi connectivity index (χ2v) is 9.73. The van der Waals surface area contributed by atoms with E-state index in [1.165, 1.54) is 17.5 Å². The molecule has 4 nitrogen and oxygen atoms in total. The van der Waals surface area contributed by atoms with Crippen molar-refractivity contribution in [2.75, 3.05) is 31.1 Å². The summed E-state index contributed by atoms with van der Waals surface area (Å²) in [5.74, 6) is 1.14. The van der Waals surface area contributed by atoms with Gasteiger partial charge in [-0.1, -0.05) is 0 Å². The summed E-state index contributed by atoms with van der Waals surface area (Å²) in [7, 11) is 0. The Bertz CT molecular complexity index is 388. The van der Waals surface area contributed by atoms with Crippen LogP contribution < -0.4 is 14.8 Å². The third-order valence-corrected chi connectivity index (χ3v) is 8.64. The Morgan fingerprint density at radius 1 is 1.35 bits per heavy atom. The zero-order chi connectivity index (χ0) is 11.7. The quantitative estimate of drug-likeness (QED) is 0.819. The second-order valence-electron chi connectivity index (χ2n) is 4.79. The minimum atomic E-state index is -0.939. The molecule has 1 saturated carbocycles. The summed E-state index contributed by atoms with van der Waals surface area (Å²) in [4.78, 5) is 11.7. The molecular formula is C12H19AsN4. The van der Waals surface area contributed by atoms with Crippen LogP contribution in [0.5, 0.6) is 0 Å². The molecule has 0 radical (unpaired) electrons. The fourth-order valence-corrected chi connectivity index (χ4v) is 5.90. The van der Waals surface area contributed by atoms with Gasteiger partial charge in [0.15, 0.2) is 0 Å². The molecule has 2 aliphatic rings. The molecule has 0 spiro atoms. The molecule has 5 heteroatoms. The van der Waals surface area contributed by atoms with E-state index in [1.807, 2.05) is 6.20 Å². The van der Waals surface area contributed by atoms with Gasteiger partial charge in [0.2, 0.25) is 0 Å². The number of nitrogens with one attached hydrogen (secondary N) is 1. The van der Waals surface area contributed by atoms with Crippen molar-refractivity contribution in [2.45, 2.75) is 23.3 Å². The molecule has 0 aromatic carbocycles. The Hall–Kier alpha value is -0.602. The van der Waals surface area contributed by atoms with Gasteiger partial charge in [-0.2, -0.15) is 0 Å². The first kappa shape index (κ1) is 11.5. The standard InChI is InChI=1S/C12H19AsN4/c1-13(10-2-3-10)12-15-5-4-11(16-12)17-8-6-14-7-9-17/h4-5,10,14H,2-3,6-9H2,1H3. The number of rotatable bonds is 3. The van der Waals surface area contributed by atoms with Crippen molar-refractivity contribution in [3.05, 3.63) is 12.3 Å². The molecule has 2 fully saturated rings. The van der Waals surface area contributed by atoms with Crippen LogP contribution in [-0.2, 0) is 0 Å². The van der Waals surface area contributed by atoms with Crippen LogP contribution in [0.2, 0.25) is 10.4 Å². The monoisotopic (exact) mass is 294 g/mol. The molecule has 1 atom stereocenters. The van der Waals surface area contributed by atoms with Gasteiger partial charge in [-0.05, 0) is 0 Å². The van der Waals surface area contributed by atoms with Crippen molar-refractivity contribution in [1.82, 2.24) is 15.3 Å². The molecule has 1 saturated heterocycles. The minimum absolute atomic E-state index is 0.939. The summed E-state index contributed by atoms with van der Waals surface area (Å²) < 4.78 is 2.15. The molecule has 1 aromatic heterocycles. The normalized spacial score (nSPS) is 22.5. The third kappa shape index (κ3) is 2.63. The van der Waals surface area contributed by atoms with Crippen molar-refractivity contribution >= 4 is 25.1 Å². The first-order valence-electron chi connectivity index (χ1n) is 6.36. The van der Waals surface area contributed by atoms with Crippen LogP contribution in [0.15, 0.2) is 12.3 Å². The van der Waals surface area contributed by atoms with Crippen molar-refractivity contribution in [2.24, 2.45) is 0 Å². The van der Waals surface area contributed by atoms with E-state index < -0.39 is 14.7 Å². The molecule has 0 amide bonds. The number of piperazine rings is 1. The summed E-state index contributed by atoms with van der Waals surface area (Å²) in [5.41, 5.74) is 2.40. The maximum absolute atomic E-state index is 4.81. The van der Waals surface area contributed by atoms with Gasteiger partial charge >= 0.3 is 107 Å². The van der Waals surface area contributed by atoms with Gasteiger partial charge in [-0.25, -0.2) is 0 Å². The topological polar surface area (TPSA) is 41.1 Å². The van der Waals surface area contributed by atoms with E-state index in [1.54, 1.807) is 0 Å². The number of hydrogen-bond donors (Lipinski definition) is 1. The van der Waals surface area contributed by atoms with Gasteiger partial charge in [-0.15, -0.1) is 0 Å². The summed E-state index contributed by atoms with van der Waals surface area (Å²) in [6.45, 7) is 4.26. The fourth-order valence-electron chi connectivity index (χ4n) is 2.20. The van der Waals surface area contributed by atoms with E-state index in [0.29, 0.717) is 0 Å². The van der Waals surface area contributed by atoms with E-state index in [4.69, 9.17) is 4.98 Å². The molecule has 1 N–H and O–H groups in total. The molecule has 1 unspecified atom stereocenters. The van der Waals surface area contributed by atoms with Gasteiger partial charge in [-0.3, -0.25) is 0 Å². The van der Waals surface area contributed by atoms with E-state index >= 15 is 0 Å². The first-order valence-corrected chi connectivity index (χ1v) is 10.3. The van der Waals surface area contributed by atoms with Gasteiger partial charge in [0.05, 0.1) is 0 Å². The summed E-state index contributed by atoms with van der Waals surface area (Å²) in [6.07, 6.45) is 4.78. The maximum atomic E-state index is 4.81. The van der Waals surface area contributed by atoms with Crippen LogP contribution >= 0.6 is 0 Å². The van der Waals surface area contributed by atoms with E-state index in [2.05, 4.69) is 27.0 Å². The summed E-state index contributed by atoms with van der Waals surface area (Å²) in [6, 6.07) is 2.06. The molecule has 1 aliphatic heterocycles. The first-order chi connectivity index (χ1) is 8.34. The van der Waals surface area contributed by atoms with Crippen LogP contribution in [-0.4, -0.2) is 50.8 Å². The molecule has 17 heavy (non-hydrogen) atoms. The number of hydrogen-bond acceptors (Lipinski definition) is 4. The Morgan fingerprint density at radius 2 is 2.12 bits per heavy atom. The predicted octanol–water partition coefficient (Wildman–Crippen LogP) is 0.382. The van der Waals surface area contributed by atoms with E-state index in [-0.39, 0.29) is 0 Å². The van der Waals surface area contributed by atoms with Crippen molar-refractivity contribution in [3.8, 4) is 0 Å². The molecule has 92 valence electrons. The third-order valence-electron chi connectivity index (χ3n) is 3.48. The van der Waals surface area contributed by atoms with Crippen LogP contribution in [0, 0.1) is 0 Å². The van der Waals surface area contributed by atoms with Crippen molar-refractivity contribution in [1.29, 1.82) is 0 Å². The Morgan fingerprint density at radius 3 is 2.82 bits per heavy atom. The number of anilines is 1. The number of nitrogens with zero attached hydrogens (tertiary/aromatic N) is 3. The molecule has 1 aliphatic carbocycles. The summed E-state index contributed by atoms with van der Waals surface area (Å²) in [5, 5.41) is 3.37. The van der Waals surface area contributed by atoms with Gasteiger partial charge in [0, 0.05) is 0 Å². The average molecular weight is 294 g/mol. The van der Waals surface area contributed by atoms with Crippen LogP contribution in [0.25, 0.3) is 0 Å². The van der Waals surface area contributed by atoms with Crippen molar-refractivity contribution < 1.29 is 0 Å². The second kappa shape index (κ2) is 4.95. The Kier molecular flexibility index (Phi) is 3.34. The zero-order valence-electron chi connectivity index (χ0n) is 10.3. The molecule has 2 heterocycles. The number of aromatic nitrogens is 2. The predicted molar refractivity (Wildman–Crippen MR) is 71.4 cm³/mol. The molecular weight excluding hydrogens is 275 g/mol. The van der Waals surface area contributed by atoms with Crippen LogP contribution in [0.4, 0.5) is 5.82 Å². The zero-order valence-corrected chi connectivity index (χ0v) is 12.1. The van der Waals surface area contributed by atoms with E-state index in [0.717, 1.165) is 36.7 Å². The molecule has 0 bridgehead atoms. The van der Waals surface area contributed by atoms with Crippen LogP contribution in [0.1, 0.15) is 12.8 Å². The summed E-state index contributed by atoms with van der Waals surface area (Å²) >= 11 is -0.939. The SMILES string of the molecule is C[As](c1nccc(N2CCNCC2)n1)C1CC1. The average Bonchev–Trinajstić information content (AvgIpc) is 3.23. The van der Waals surface area contributed by atoms with Gasteiger partial charge < -0.3 is 0 Å². The molecule has 3 rings (SSSR count). The van der Waals surface area contributed by atoms with E-state index in [9.17, 15) is 0 Å². The van der Waals surface area contributed by atoms with Gasteiger partial charge in [0.1, 0.15) is 0 Å². The molecule has 1 aromatic rings. The fraction of sp³-hybridized carbons (Fsp3) is 0.667. The Labute approximate surface area is 107 Å². The van der Waals surface area contributed by atoms with Crippen LogP contribution in [0.3, 0.4) is 0 Å². The van der Waals surface area contributed by atoms with Gasteiger partial charge in [0.25, 0.3) is 0 Å². The Balaban J connectivity index is 1.77. The van der Waals surface area contributed by atoms with Crippen molar-refractivity contribution in [3.63, 3.8) is 0 Å².